The van der Waals surface area contributed by atoms with Crippen LogP contribution in [-0.4, -0.2) is 24.6 Å². The highest BCUT2D eigenvalue weighted by atomic mass is 15.2. The van der Waals surface area contributed by atoms with Crippen LogP contribution in [0.25, 0.3) is 0 Å². The second kappa shape index (κ2) is 4.62. The van der Waals surface area contributed by atoms with Crippen molar-refractivity contribution in [3.63, 3.8) is 0 Å². The molecule has 1 saturated heterocycles. The number of nitrogens with zero attached hydrogens (tertiary/aromatic N) is 2. The molecule has 82 valence electrons. The highest BCUT2D eigenvalue weighted by molar-refractivity contribution is 5.39. The minimum absolute atomic E-state index is 0.641. The van der Waals surface area contributed by atoms with E-state index in [0.29, 0.717) is 5.92 Å². The van der Waals surface area contributed by atoms with E-state index in [4.69, 9.17) is 5.73 Å². The monoisotopic (exact) mass is 205 g/mol. The highest BCUT2D eigenvalue weighted by Gasteiger charge is 2.19. The Hall–Kier alpha value is -1.09. The van der Waals surface area contributed by atoms with E-state index in [-0.39, 0.29) is 0 Å². The number of aryl methyl sites for hydroxylation is 1. The first kappa shape index (κ1) is 10.4. The molecule has 0 bridgehead atoms. The molecule has 0 aromatic carbocycles. The fourth-order valence-electron chi connectivity index (χ4n) is 2.11. The van der Waals surface area contributed by atoms with E-state index in [0.717, 1.165) is 25.5 Å². The summed E-state index contributed by atoms with van der Waals surface area (Å²) in [6, 6.07) is 4.22. The first-order chi connectivity index (χ1) is 7.29. The summed E-state index contributed by atoms with van der Waals surface area (Å²) >= 11 is 0. The van der Waals surface area contributed by atoms with Gasteiger partial charge in [-0.1, -0.05) is 6.07 Å². The molecule has 1 fully saturated rings. The van der Waals surface area contributed by atoms with Gasteiger partial charge < -0.3 is 10.6 Å². The van der Waals surface area contributed by atoms with Crippen molar-refractivity contribution >= 4 is 5.82 Å². The average Bonchev–Trinajstić information content (AvgIpc) is 2.30. The van der Waals surface area contributed by atoms with E-state index in [1.54, 1.807) is 0 Å². The summed E-state index contributed by atoms with van der Waals surface area (Å²) < 4.78 is 0. The molecule has 1 aromatic rings. The Balaban J connectivity index is 2.06. The molecule has 0 amide bonds. The molecule has 2 rings (SSSR count). The van der Waals surface area contributed by atoms with Gasteiger partial charge >= 0.3 is 0 Å². The van der Waals surface area contributed by atoms with Gasteiger partial charge in [-0.25, -0.2) is 4.98 Å². The summed E-state index contributed by atoms with van der Waals surface area (Å²) in [4.78, 5) is 6.80. The van der Waals surface area contributed by atoms with E-state index < -0.39 is 0 Å². The molecule has 0 aliphatic carbocycles. The van der Waals surface area contributed by atoms with Crippen molar-refractivity contribution in [2.45, 2.75) is 19.8 Å². The van der Waals surface area contributed by atoms with Gasteiger partial charge in [0, 0.05) is 19.3 Å². The summed E-state index contributed by atoms with van der Waals surface area (Å²) in [5, 5.41) is 0. The van der Waals surface area contributed by atoms with Crippen molar-refractivity contribution in [2.24, 2.45) is 11.7 Å². The molecule has 0 spiro atoms. The van der Waals surface area contributed by atoms with E-state index in [2.05, 4.69) is 28.9 Å². The minimum atomic E-state index is 0.641. The minimum Gasteiger partial charge on any atom is -0.356 e. The number of aromatic nitrogens is 1. The second-order valence-electron chi connectivity index (χ2n) is 4.38. The number of pyridine rings is 1. The van der Waals surface area contributed by atoms with E-state index in [1.807, 2.05) is 6.20 Å². The predicted molar refractivity (Wildman–Crippen MR) is 63.0 cm³/mol. The van der Waals surface area contributed by atoms with E-state index in [9.17, 15) is 0 Å². The number of hydrogen-bond donors (Lipinski definition) is 1. The van der Waals surface area contributed by atoms with Crippen LogP contribution in [0.1, 0.15) is 18.4 Å². The lowest BCUT2D eigenvalue weighted by atomic mass is 9.98. The largest absolute Gasteiger partial charge is 0.356 e. The average molecular weight is 205 g/mol. The summed E-state index contributed by atoms with van der Waals surface area (Å²) in [6.07, 6.45) is 4.43. The lowest BCUT2D eigenvalue weighted by molar-refractivity contribution is 0.421. The van der Waals surface area contributed by atoms with Gasteiger partial charge in [0.05, 0.1) is 0 Å². The van der Waals surface area contributed by atoms with Gasteiger partial charge in [0.2, 0.25) is 0 Å². The zero-order valence-corrected chi connectivity index (χ0v) is 9.32. The molecule has 0 unspecified atom stereocenters. The molecule has 3 heteroatoms. The molecule has 1 aliphatic rings. The number of piperidine rings is 1. The van der Waals surface area contributed by atoms with Crippen LogP contribution in [-0.2, 0) is 0 Å². The van der Waals surface area contributed by atoms with Gasteiger partial charge in [0.25, 0.3) is 0 Å². The fraction of sp³-hybridized carbons (Fsp3) is 0.583. The Morgan fingerprint density at radius 1 is 1.53 bits per heavy atom. The number of hydrogen-bond acceptors (Lipinski definition) is 3. The quantitative estimate of drug-likeness (QED) is 0.796. The van der Waals surface area contributed by atoms with Crippen molar-refractivity contribution in [2.75, 3.05) is 24.5 Å². The van der Waals surface area contributed by atoms with E-state index >= 15 is 0 Å². The maximum absolute atomic E-state index is 5.72. The highest BCUT2D eigenvalue weighted by Crippen LogP contribution is 2.20. The van der Waals surface area contributed by atoms with Crippen LogP contribution in [0, 0.1) is 12.8 Å². The second-order valence-corrected chi connectivity index (χ2v) is 4.38. The third-order valence-corrected chi connectivity index (χ3v) is 3.07. The maximum Gasteiger partial charge on any atom is 0.128 e. The van der Waals surface area contributed by atoms with Crippen LogP contribution in [0.3, 0.4) is 0 Å². The molecule has 15 heavy (non-hydrogen) atoms. The molecule has 1 aliphatic heterocycles. The van der Waals surface area contributed by atoms with Gasteiger partial charge in [0.15, 0.2) is 0 Å². The molecule has 0 saturated carbocycles. The lowest BCUT2D eigenvalue weighted by Crippen LogP contribution is -2.38. The zero-order valence-electron chi connectivity index (χ0n) is 9.32. The number of anilines is 1. The first-order valence-electron chi connectivity index (χ1n) is 5.67. The van der Waals surface area contributed by atoms with Crippen molar-refractivity contribution < 1.29 is 0 Å². The Bertz CT molecular complexity index is 307. The van der Waals surface area contributed by atoms with Crippen molar-refractivity contribution in [1.29, 1.82) is 0 Å². The molecule has 1 atom stereocenters. The van der Waals surface area contributed by atoms with Gasteiger partial charge in [-0.05, 0) is 43.9 Å². The van der Waals surface area contributed by atoms with Crippen molar-refractivity contribution in [3.05, 3.63) is 23.9 Å². The van der Waals surface area contributed by atoms with Crippen LogP contribution in [0.2, 0.25) is 0 Å². The normalized spacial score (nSPS) is 21.7. The molecule has 2 heterocycles. The van der Waals surface area contributed by atoms with Gasteiger partial charge in [-0.3, -0.25) is 0 Å². The molecular weight excluding hydrogens is 186 g/mol. The number of rotatable bonds is 2. The molecular formula is C12H19N3. The van der Waals surface area contributed by atoms with Gasteiger partial charge in [0.1, 0.15) is 5.82 Å². The van der Waals surface area contributed by atoms with Crippen LogP contribution in [0.15, 0.2) is 18.3 Å². The lowest BCUT2D eigenvalue weighted by Gasteiger charge is -2.33. The zero-order chi connectivity index (χ0) is 10.7. The predicted octanol–water partition coefficient (Wildman–Crippen LogP) is 1.57. The molecule has 1 aromatic heterocycles. The molecule has 2 N–H and O–H groups in total. The SMILES string of the molecule is Cc1ccc(N2CCC[C@@H](CN)C2)nc1. The van der Waals surface area contributed by atoms with Crippen LogP contribution in [0.5, 0.6) is 0 Å². The topological polar surface area (TPSA) is 42.1 Å². The van der Waals surface area contributed by atoms with Gasteiger partial charge in [-0.15, -0.1) is 0 Å². The van der Waals surface area contributed by atoms with Gasteiger partial charge in [-0.2, -0.15) is 0 Å². The summed E-state index contributed by atoms with van der Waals surface area (Å²) in [5.41, 5.74) is 6.93. The smallest absolute Gasteiger partial charge is 0.128 e. The Morgan fingerprint density at radius 2 is 2.40 bits per heavy atom. The summed E-state index contributed by atoms with van der Waals surface area (Å²) in [6.45, 7) is 5.04. The van der Waals surface area contributed by atoms with E-state index in [1.165, 1.54) is 18.4 Å². The summed E-state index contributed by atoms with van der Waals surface area (Å²) in [7, 11) is 0. The molecule has 0 radical (unpaired) electrons. The third kappa shape index (κ3) is 2.48. The summed E-state index contributed by atoms with van der Waals surface area (Å²) in [5.74, 6) is 1.74. The van der Waals surface area contributed by atoms with Crippen molar-refractivity contribution in [3.8, 4) is 0 Å². The third-order valence-electron chi connectivity index (χ3n) is 3.07. The van der Waals surface area contributed by atoms with Crippen LogP contribution < -0.4 is 10.6 Å². The Kier molecular flexibility index (Phi) is 3.21. The van der Waals surface area contributed by atoms with Crippen LogP contribution >= 0.6 is 0 Å². The maximum atomic E-state index is 5.72. The van der Waals surface area contributed by atoms with Crippen molar-refractivity contribution in [1.82, 2.24) is 4.98 Å². The first-order valence-corrected chi connectivity index (χ1v) is 5.67. The standard InChI is InChI=1S/C12H19N3/c1-10-4-5-12(14-8-10)15-6-2-3-11(7-13)9-15/h4-5,8,11H,2-3,6-7,9,13H2,1H3/t11-/m0/s1. The fourth-order valence-corrected chi connectivity index (χ4v) is 2.11. The Labute approximate surface area is 91.3 Å². The number of nitrogens with two attached hydrogens (primary N) is 1. The molecule has 3 nitrogen and oxygen atoms in total. The Morgan fingerprint density at radius 3 is 3.07 bits per heavy atom. The van der Waals surface area contributed by atoms with Crippen LogP contribution in [0.4, 0.5) is 5.82 Å².